The van der Waals surface area contributed by atoms with E-state index in [1.54, 1.807) is 4.90 Å². The SMILES string of the molecule is O=C(CCCCCN1C(=O)/C(=C/c2ccc(OC3CCCCC3)cc2)SC1=S)Nc1ccccc1C(F)(F)F. The van der Waals surface area contributed by atoms with Crippen LogP contribution in [0.4, 0.5) is 18.9 Å². The van der Waals surface area contributed by atoms with E-state index in [-0.39, 0.29) is 24.1 Å². The maximum absolute atomic E-state index is 13.1. The predicted octanol–water partition coefficient (Wildman–Crippen LogP) is 7.82. The number of ether oxygens (including phenoxy) is 1. The Morgan fingerprint density at radius 1 is 1.05 bits per heavy atom. The van der Waals surface area contributed by atoms with E-state index in [1.165, 1.54) is 49.2 Å². The number of thioether (sulfide) groups is 1. The first-order chi connectivity index (χ1) is 18.7. The highest BCUT2D eigenvalue weighted by Crippen LogP contribution is 2.35. The summed E-state index contributed by atoms with van der Waals surface area (Å²) in [5, 5.41) is 2.35. The van der Waals surface area contributed by atoms with Crippen LogP contribution in [0.25, 0.3) is 6.08 Å². The fourth-order valence-electron chi connectivity index (χ4n) is 4.65. The quantitative estimate of drug-likeness (QED) is 0.178. The molecule has 2 amide bonds. The smallest absolute Gasteiger partial charge is 0.418 e. The van der Waals surface area contributed by atoms with Gasteiger partial charge in [-0.05, 0) is 74.4 Å². The Balaban J connectivity index is 1.20. The van der Waals surface area contributed by atoms with Crippen molar-refractivity contribution in [2.45, 2.75) is 70.1 Å². The number of carbonyl (C=O) groups excluding carboxylic acids is 2. The molecule has 0 spiro atoms. The molecule has 10 heteroatoms. The standard InChI is InChI=1S/C29H31F3N2O3S2/c30-29(31,32)23-11-6-7-12-24(23)33-26(35)13-5-2-8-18-34-27(36)25(39-28(34)38)19-20-14-16-22(17-15-20)37-21-9-3-1-4-10-21/h6-7,11-12,14-17,19,21H,1-5,8-10,13,18H2,(H,33,35)/b25-19-. The molecular weight excluding hydrogens is 545 g/mol. The zero-order valence-electron chi connectivity index (χ0n) is 21.5. The van der Waals surface area contributed by atoms with Crippen LogP contribution in [0.1, 0.15) is 68.9 Å². The summed E-state index contributed by atoms with van der Waals surface area (Å²) >= 11 is 6.67. The van der Waals surface area contributed by atoms with Gasteiger partial charge in [0.1, 0.15) is 10.1 Å². The highest BCUT2D eigenvalue weighted by atomic mass is 32.2. The minimum Gasteiger partial charge on any atom is -0.490 e. The van der Waals surface area contributed by atoms with E-state index in [4.69, 9.17) is 17.0 Å². The van der Waals surface area contributed by atoms with Gasteiger partial charge in [-0.3, -0.25) is 14.5 Å². The Morgan fingerprint density at radius 2 is 1.77 bits per heavy atom. The molecule has 2 aliphatic rings. The van der Waals surface area contributed by atoms with Gasteiger partial charge in [0.2, 0.25) is 5.91 Å². The van der Waals surface area contributed by atoms with E-state index >= 15 is 0 Å². The number of amides is 2. The van der Waals surface area contributed by atoms with Crippen LogP contribution in [-0.4, -0.2) is 33.7 Å². The van der Waals surface area contributed by atoms with Crippen molar-refractivity contribution in [1.82, 2.24) is 4.90 Å². The molecule has 1 saturated carbocycles. The van der Waals surface area contributed by atoms with Crippen LogP contribution in [0, 0.1) is 0 Å². The third-order valence-corrected chi connectivity index (χ3v) is 8.08. The summed E-state index contributed by atoms with van der Waals surface area (Å²) in [5.74, 6) is 0.217. The Kier molecular flexibility index (Phi) is 10.1. The number of para-hydroxylation sites is 1. The summed E-state index contributed by atoms with van der Waals surface area (Å²) in [6, 6.07) is 12.6. The molecule has 0 unspecified atom stereocenters. The van der Waals surface area contributed by atoms with Crippen molar-refractivity contribution in [1.29, 1.82) is 0 Å². The van der Waals surface area contributed by atoms with Gasteiger partial charge >= 0.3 is 6.18 Å². The molecule has 4 rings (SSSR count). The van der Waals surface area contributed by atoms with Gasteiger partial charge in [0.25, 0.3) is 5.91 Å². The second-order valence-electron chi connectivity index (χ2n) is 9.68. The summed E-state index contributed by atoms with van der Waals surface area (Å²) < 4.78 is 45.9. The fraction of sp³-hybridized carbons (Fsp3) is 0.414. The zero-order chi connectivity index (χ0) is 27.8. The monoisotopic (exact) mass is 576 g/mol. The van der Waals surface area contributed by atoms with Crippen molar-refractivity contribution in [2.24, 2.45) is 0 Å². The second kappa shape index (κ2) is 13.5. The fourth-order valence-corrected chi connectivity index (χ4v) is 5.96. The topological polar surface area (TPSA) is 58.6 Å². The average Bonchev–Trinajstić information content (AvgIpc) is 3.17. The first kappa shape index (κ1) is 29.1. The highest BCUT2D eigenvalue weighted by Gasteiger charge is 2.34. The maximum atomic E-state index is 13.1. The van der Waals surface area contributed by atoms with Crippen LogP contribution in [0.15, 0.2) is 53.4 Å². The Hall–Kier alpha value is -2.85. The lowest BCUT2D eigenvalue weighted by Gasteiger charge is -2.22. The van der Waals surface area contributed by atoms with Crippen molar-refractivity contribution < 1.29 is 27.5 Å². The van der Waals surface area contributed by atoms with E-state index in [2.05, 4.69) is 5.32 Å². The van der Waals surface area contributed by atoms with Gasteiger partial charge in [-0.15, -0.1) is 0 Å². The minimum atomic E-state index is -4.54. The van der Waals surface area contributed by atoms with Crippen LogP contribution in [0.5, 0.6) is 5.75 Å². The van der Waals surface area contributed by atoms with Crippen molar-refractivity contribution in [2.75, 3.05) is 11.9 Å². The number of carbonyl (C=O) groups is 2. The Bertz CT molecular complexity index is 1210. The van der Waals surface area contributed by atoms with E-state index in [9.17, 15) is 22.8 Å². The lowest BCUT2D eigenvalue weighted by molar-refractivity contribution is -0.137. The lowest BCUT2D eigenvalue weighted by Crippen LogP contribution is -2.29. The van der Waals surface area contributed by atoms with Crippen molar-refractivity contribution in [3.63, 3.8) is 0 Å². The van der Waals surface area contributed by atoms with Gasteiger partial charge in [0.15, 0.2) is 0 Å². The zero-order valence-corrected chi connectivity index (χ0v) is 23.1. The number of nitrogens with zero attached hydrogens (tertiary/aromatic N) is 1. The highest BCUT2D eigenvalue weighted by molar-refractivity contribution is 8.26. The molecule has 39 heavy (non-hydrogen) atoms. The van der Waals surface area contributed by atoms with Gasteiger partial charge in [-0.2, -0.15) is 13.2 Å². The Labute approximate surface area is 236 Å². The van der Waals surface area contributed by atoms with Crippen LogP contribution < -0.4 is 10.1 Å². The second-order valence-corrected chi connectivity index (χ2v) is 11.4. The molecule has 1 aliphatic heterocycles. The lowest BCUT2D eigenvalue weighted by atomic mass is 9.98. The molecule has 1 heterocycles. The number of unbranched alkanes of at least 4 members (excludes halogenated alkanes) is 2. The molecule has 1 aliphatic carbocycles. The average molecular weight is 577 g/mol. The van der Waals surface area contributed by atoms with E-state index in [1.807, 2.05) is 30.3 Å². The van der Waals surface area contributed by atoms with Crippen LogP contribution in [0.2, 0.25) is 0 Å². The number of benzene rings is 2. The van der Waals surface area contributed by atoms with Gasteiger partial charge in [0, 0.05) is 13.0 Å². The van der Waals surface area contributed by atoms with Gasteiger partial charge in [-0.1, -0.05) is 61.1 Å². The maximum Gasteiger partial charge on any atom is 0.418 e. The first-order valence-electron chi connectivity index (χ1n) is 13.2. The van der Waals surface area contributed by atoms with E-state index in [0.717, 1.165) is 30.2 Å². The van der Waals surface area contributed by atoms with Crippen LogP contribution in [0.3, 0.4) is 0 Å². The number of anilines is 1. The molecule has 1 saturated heterocycles. The summed E-state index contributed by atoms with van der Waals surface area (Å²) in [6.45, 7) is 0.425. The van der Waals surface area contributed by atoms with Crippen molar-refractivity contribution in [3.8, 4) is 5.75 Å². The molecule has 0 bridgehead atoms. The summed E-state index contributed by atoms with van der Waals surface area (Å²) in [4.78, 5) is 27.2. The first-order valence-corrected chi connectivity index (χ1v) is 14.4. The normalized spacial score (nSPS) is 17.6. The Morgan fingerprint density at radius 3 is 2.49 bits per heavy atom. The van der Waals surface area contributed by atoms with Crippen LogP contribution >= 0.6 is 24.0 Å². The third kappa shape index (κ3) is 8.32. The molecule has 1 N–H and O–H groups in total. The number of halogens is 3. The number of rotatable bonds is 10. The molecule has 0 atom stereocenters. The number of hydrogen-bond acceptors (Lipinski definition) is 5. The summed E-state index contributed by atoms with van der Waals surface area (Å²) in [6.07, 6.45) is 5.27. The number of nitrogens with one attached hydrogen (secondary N) is 1. The molecule has 208 valence electrons. The number of hydrogen-bond donors (Lipinski definition) is 1. The van der Waals surface area contributed by atoms with Crippen molar-refractivity contribution >= 4 is 51.9 Å². The van der Waals surface area contributed by atoms with E-state index < -0.39 is 17.6 Å². The minimum absolute atomic E-state index is 0.0882. The molecule has 2 aromatic rings. The molecule has 5 nitrogen and oxygen atoms in total. The molecular formula is C29H31F3N2O3S2. The molecule has 0 radical (unpaired) electrons. The molecule has 0 aromatic heterocycles. The number of alkyl halides is 3. The predicted molar refractivity (Wildman–Crippen MR) is 152 cm³/mol. The van der Waals surface area contributed by atoms with Gasteiger partial charge in [0.05, 0.1) is 22.3 Å². The molecule has 2 fully saturated rings. The molecule has 2 aromatic carbocycles. The van der Waals surface area contributed by atoms with Crippen LogP contribution in [-0.2, 0) is 15.8 Å². The largest absolute Gasteiger partial charge is 0.490 e. The number of thiocarbonyl (C=S) groups is 1. The van der Waals surface area contributed by atoms with Gasteiger partial charge < -0.3 is 10.1 Å². The van der Waals surface area contributed by atoms with Crippen molar-refractivity contribution in [3.05, 3.63) is 64.6 Å². The van der Waals surface area contributed by atoms with Gasteiger partial charge in [-0.25, -0.2) is 0 Å². The third-order valence-electron chi connectivity index (χ3n) is 6.70. The summed E-state index contributed by atoms with van der Waals surface area (Å²) in [7, 11) is 0. The van der Waals surface area contributed by atoms with E-state index in [0.29, 0.717) is 35.0 Å². The summed E-state index contributed by atoms with van der Waals surface area (Å²) in [5.41, 5.74) is -0.222.